The van der Waals surface area contributed by atoms with Gasteiger partial charge >= 0.3 is 0 Å². The Labute approximate surface area is 145 Å². The lowest BCUT2D eigenvalue weighted by molar-refractivity contribution is -0.133. The van der Waals surface area contributed by atoms with Crippen molar-refractivity contribution in [3.8, 4) is 5.75 Å². The number of ether oxygens (including phenoxy) is 2. The Balaban J connectivity index is 1.61. The highest BCUT2D eigenvalue weighted by Gasteiger charge is 2.49. The van der Waals surface area contributed by atoms with Crippen molar-refractivity contribution in [2.24, 2.45) is 11.3 Å². The van der Waals surface area contributed by atoms with Gasteiger partial charge in [0.05, 0.1) is 18.2 Å². The van der Waals surface area contributed by atoms with Crippen LogP contribution in [0.4, 0.5) is 0 Å². The molecular formula is C16H19Cl2NO4. The van der Waals surface area contributed by atoms with Crippen LogP contribution >= 0.6 is 23.2 Å². The second-order valence-electron chi connectivity index (χ2n) is 6.20. The van der Waals surface area contributed by atoms with Gasteiger partial charge < -0.3 is 19.5 Å². The van der Waals surface area contributed by atoms with Crippen LogP contribution in [0.1, 0.15) is 6.42 Å². The Morgan fingerprint density at radius 1 is 1.48 bits per heavy atom. The molecule has 2 aliphatic heterocycles. The smallest absolute Gasteiger partial charge is 0.260 e. The molecule has 2 saturated heterocycles. The average Bonchev–Trinajstić information content (AvgIpc) is 2.94. The molecule has 1 aromatic rings. The van der Waals surface area contributed by atoms with Crippen LogP contribution in [0.15, 0.2) is 18.2 Å². The highest BCUT2D eigenvalue weighted by atomic mass is 35.5. The molecule has 2 aliphatic rings. The number of likely N-dealkylation sites (tertiary alicyclic amines) is 1. The van der Waals surface area contributed by atoms with Crippen molar-refractivity contribution in [1.82, 2.24) is 4.90 Å². The molecule has 0 bridgehead atoms. The van der Waals surface area contributed by atoms with Crippen molar-refractivity contribution in [3.05, 3.63) is 28.2 Å². The molecular weight excluding hydrogens is 341 g/mol. The van der Waals surface area contributed by atoms with Crippen LogP contribution in [-0.4, -0.2) is 55.4 Å². The maximum Gasteiger partial charge on any atom is 0.260 e. The molecule has 7 heteroatoms. The molecule has 0 saturated carbocycles. The number of fused-ring (bicyclic) bond motifs is 1. The molecule has 3 rings (SSSR count). The number of nitrogens with zero attached hydrogens (tertiary/aromatic N) is 1. The molecule has 0 spiro atoms. The Bertz CT molecular complexity index is 597. The summed E-state index contributed by atoms with van der Waals surface area (Å²) in [6.45, 7) is 2.28. The van der Waals surface area contributed by atoms with Crippen molar-refractivity contribution in [2.75, 3.05) is 39.5 Å². The van der Waals surface area contributed by atoms with Crippen molar-refractivity contribution in [1.29, 1.82) is 0 Å². The first-order valence-corrected chi connectivity index (χ1v) is 8.34. The molecule has 2 heterocycles. The van der Waals surface area contributed by atoms with Crippen LogP contribution in [-0.2, 0) is 9.53 Å². The summed E-state index contributed by atoms with van der Waals surface area (Å²) in [5, 5.41) is 10.6. The Morgan fingerprint density at radius 2 is 2.30 bits per heavy atom. The number of aliphatic hydroxyl groups excluding tert-OH is 1. The van der Waals surface area contributed by atoms with Crippen LogP contribution < -0.4 is 4.74 Å². The minimum atomic E-state index is -0.328. The van der Waals surface area contributed by atoms with Gasteiger partial charge in [0.2, 0.25) is 0 Å². The number of carbonyl (C=O) groups is 1. The van der Waals surface area contributed by atoms with Crippen LogP contribution in [0.25, 0.3) is 0 Å². The molecule has 1 amide bonds. The first-order valence-electron chi connectivity index (χ1n) is 7.58. The Morgan fingerprint density at radius 3 is 3.00 bits per heavy atom. The molecule has 126 valence electrons. The average molecular weight is 360 g/mol. The van der Waals surface area contributed by atoms with Gasteiger partial charge in [0.1, 0.15) is 5.75 Å². The van der Waals surface area contributed by atoms with Crippen LogP contribution in [0.2, 0.25) is 10.0 Å². The van der Waals surface area contributed by atoms with Gasteiger partial charge in [-0.1, -0.05) is 23.2 Å². The van der Waals surface area contributed by atoms with Gasteiger partial charge in [0.25, 0.3) is 5.91 Å². The van der Waals surface area contributed by atoms with E-state index in [1.807, 2.05) is 0 Å². The Kier molecular flexibility index (Phi) is 5.01. The molecule has 5 nitrogen and oxygen atoms in total. The third kappa shape index (κ3) is 3.43. The van der Waals surface area contributed by atoms with Gasteiger partial charge in [0, 0.05) is 30.1 Å². The monoisotopic (exact) mass is 359 g/mol. The minimum Gasteiger partial charge on any atom is -0.482 e. The summed E-state index contributed by atoms with van der Waals surface area (Å²) >= 11 is 11.9. The third-order valence-electron chi connectivity index (χ3n) is 4.73. The Hall–Kier alpha value is -1.01. The molecule has 0 aromatic heterocycles. The largest absolute Gasteiger partial charge is 0.482 e. The van der Waals surface area contributed by atoms with Crippen molar-refractivity contribution in [2.45, 2.75) is 6.42 Å². The lowest BCUT2D eigenvalue weighted by atomic mass is 9.76. The molecule has 0 aliphatic carbocycles. The number of amides is 1. The predicted octanol–water partition coefficient (Wildman–Crippen LogP) is 2.23. The zero-order valence-corrected chi connectivity index (χ0v) is 14.1. The maximum atomic E-state index is 12.4. The highest BCUT2D eigenvalue weighted by molar-refractivity contribution is 6.35. The molecule has 23 heavy (non-hydrogen) atoms. The first-order chi connectivity index (χ1) is 11.0. The van der Waals surface area contributed by atoms with E-state index in [1.165, 1.54) is 0 Å². The van der Waals surface area contributed by atoms with Crippen LogP contribution in [0.3, 0.4) is 0 Å². The summed E-state index contributed by atoms with van der Waals surface area (Å²) in [4.78, 5) is 14.2. The lowest BCUT2D eigenvalue weighted by Crippen LogP contribution is -2.43. The quantitative estimate of drug-likeness (QED) is 0.895. The summed E-state index contributed by atoms with van der Waals surface area (Å²) in [5.41, 5.74) is -0.328. The van der Waals surface area contributed by atoms with E-state index < -0.39 is 0 Å². The minimum absolute atomic E-state index is 0.0331. The zero-order valence-electron chi connectivity index (χ0n) is 12.6. The molecule has 1 N–H and O–H groups in total. The second kappa shape index (κ2) is 6.85. The van der Waals surface area contributed by atoms with E-state index >= 15 is 0 Å². The standard InChI is InChI=1S/C16H19Cl2NO4/c17-12-1-2-14(13(18)5-12)23-7-15(21)19-6-11-3-4-22-10-16(11,8-19)9-20/h1-2,5,11,20H,3-4,6-10H2/t11-,16+/m0/s1. The van der Waals surface area contributed by atoms with E-state index in [2.05, 4.69) is 0 Å². The van der Waals surface area contributed by atoms with E-state index in [0.717, 1.165) is 6.42 Å². The maximum absolute atomic E-state index is 12.4. The molecule has 0 radical (unpaired) electrons. The normalized spacial score (nSPS) is 26.9. The molecule has 2 atom stereocenters. The molecule has 2 fully saturated rings. The number of aliphatic hydroxyl groups is 1. The number of carbonyl (C=O) groups excluding carboxylic acids is 1. The summed E-state index contributed by atoms with van der Waals surface area (Å²) in [6, 6.07) is 4.88. The van der Waals surface area contributed by atoms with Crippen LogP contribution in [0.5, 0.6) is 5.75 Å². The second-order valence-corrected chi connectivity index (χ2v) is 7.04. The van der Waals surface area contributed by atoms with Crippen molar-refractivity contribution < 1.29 is 19.4 Å². The number of hydrogen-bond acceptors (Lipinski definition) is 4. The number of hydrogen-bond donors (Lipinski definition) is 1. The summed E-state index contributed by atoms with van der Waals surface area (Å²) < 4.78 is 11.0. The third-order valence-corrected chi connectivity index (χ3v) is 5.26. The summed E-state index contributed by atoms with van der Waals surface area (Å²) in [7, 11) is 0. The number of halogens is 2. The van der Waals surface area contributed by atoms with E-state index in [1.54, 1.807) is 23.1 Å². The van der Waals surface area contributed by atoms with Gasteiger partial charge in [-0.15, -0.1) is 0 Å². The van der Waals surface area contributed by atoms with Gasteiger partial charge in [0.15, 0.2) is 6.61 Å². The van der Waals surface area contributed by atoms with E-state index in [0.29, 0.717) is 42.1 Å². The molecule has 0 unspecified atom stereocenters. The fourth-order valence-corrected chi connectivity index (χ4v) is 3.80. The SMILES string of the molecule is O=C(COc1ccc(Cl)cc1Cl)N1C[C@@H]2CCOC[C@]2(CO)C1. The van der Waals surface area contributed by atoms with Gasteiger partial charge in [-0.25, -0.2) is 0 Å². The van der Waals surface area contributed by atoms with Crippen molar-refractivity contribution >= 4 is 29.1 Å². The van der Waals surface area contributed by atoms with Gasteiger partial charge in [-0.3, -0.25) is 4.79 Å². The van der Waals surface area contributed by atoms with E-state index in [9.17, 15) is 9.90 Å². The highest BCUT2D eigenvalue weighted by Crippen LogP contribution is 2.41. The summed E-state index contributed by atoms with van der Waals surface area (Å²) in [5.74, 6) is 0.601. The van der Waals surface area contributed by atoms with Crippen LogP contribution in [0, 0.1) is 11.3 Å². The van der Waals surface area contributed by atoms with E-state index in [4.69, 9.17) is 32.7 Å². The van der Waals surface area contributed by atoms with Gasteiger partial charge in [-0.05, 0) is 30.5 Å². The first kappa shape index (κ1) is 16.8. The fraction of sp³-hybridized carbons (Fsp3) is 0.562. The topological polar surface area (TPSA) is 59.0 Å². The predicted molar refractivity (Wildman–Crippen MR) is 87.0 cm³/mol. The summed E-state index contributed by atoms with van der Waals surface area (Å²) in [6.07, 6.45) is 0.869. The zero-order chi connectivity index (χ0) is 16.4. The molecule has 1 aromatic carbocycles. The van der Waals surface area contributed by atoms with E-state index in [-0.39, 0.29) is 30.5 Å². The lowest BCUT2D eigenvalue weighted by Gasteiger charge is -2.36. The van der Waals surface area contributed by atoms with Crippen molar-refractivity contribution in [3.63, 3.8) is 0 Å². The number of benzene rings is 1. The number of rotatable bonds is 4. The fourth-order valence-electron chi connectivity index (χ4n) is 3.33. The van der Waals surface area contributed by atoms with Gasteiger partial charge in [-0.2, -0.15) is 0 Å².